The first-order chi connectivity index (χ1) is 8.11. The van der Waals surface area contributed by atoms with Gasteiger partial charge >= 0.3 is 5.69 Å². The summed E-state index contributed by atoms with van der Waals surface area (Å²) in [6.07, 6.45) is 0.940. The first-order valence-corrected chi connectivity index (χ1v) is 5.91. The van der Waals surface area contributed by atoms with Crippen molar-refractivity contribution in [1.29, 1.82) is 0 Å². The van der Waals surface area contributed by atoms with Crippen LogP contribution in [0.3, 0.4) is 0 Å². The number of hydrogen-bond acceptors (Lipinski definition) is 3. The van der Waals surface area contributed by atoms with Crippen molar-refractivity contribution in [3.63, 3.8) is 0 Å². The van der Waals surface area contributed by atoms with Crippen LogP contribution in [0.15, 0.2) is 16.9 Å². The Bertz CT molecular complexity index is 573. The molecule has 92 valence electrons. The number of anilines is 1. The lowest BCUT2D eigenvalue weighted by Gasteiger charge is -2.06. The molecule has 0 amide bonds. The SMILES string of the molecule is CC.CCc1cc(C)c2[nH]c(=O)nc(N)c2c1. The summed E-state index contributed by atoms with van der Waals surface area (Å²) < 4.78 is 0. The second-order valence-corrected chi connectivity index (χ2v) is 3.62. The number of nitrogens with zero attached hydrogens (tertiary/aromatic N) is 1. The van der Waals surface area contributed by atoms with Gasteiger partial charge in [0, 0.05) is 5.39 Å². The van der Waals surface area contributed by atoms with Gasteiger partial charge in [0.05, 0.1) is 5.52 Å². The molecule has 17 heavy (non-hydrogen) atoms. The van der Waals surface area contributed by atoms with E-state index in [0.717, 1.165) is 22.9 Å². The Morgan fingerprint density at radius 3 is 2.59 bits per heavy atom. The summed E-state index contributed by atoms with van der Waals surface area (Å²) in [7, 11) is 0. The van der Waals surface area contributed by atoms with Crippen molar-refractivity contribution in [2.24, 2.45) is 0 Å². The minimum absolute atomic E-state index is 0.298. The van der Waals surface area contributed by atoms with Crippen molar-refractivity contribution < 1.29 is 0 Å². The summed E-state index contributed by atoms with van der Waals surface area (Å²) in [6.45, 7) is 8.03. The van der Waals surface area contributed by atoms with Gasteiger partial charge < -0.3 is 10.7 Å². The number of fused-ring (bicyclic) bond motifs is 1. The molecule has 0 unspecified atom stereocenters. The highest BCUT2D eigenvalue weighted by Gasteiger charge is 2.05. The number of aromatic nitrogens is 2. The zero-order chi connectivity index (χ0) is 13.0. The van der Waals surface area contributed by atoms with Gasteiger partial charge in [-0.05, 0) is 30.5 Å². The van der Waals surface area contributed by atoms with Crippen LogP contribution in [0, 0.1) is 6.92 Å². The van der Waals surface area contributed by atoms with Crippen molar-refractivity contribution in [2.45, 2.75) is 34.1 Å². The quantitative estimate of drug-likeness (QED) is 0.794. The Labute approximate surface area is 101 Å². The lowest BCUT2D eigenvalue weighted by atomic mass is 10.0. The van der Waals surface area contributed by atoms with E-state index in [1.165, 1.54) is 5.56 Å². The van der Waals surface area contributed by atoms with E-state index in [9.17, 15) is 4.79 Å². The van der Waals surface area contributed by atoms with E-state index in [0.29, 0.717) is 5.82 Å². The fraction of sp³-hybridized carbons (Fsp3) is 0.385. The second kappa shape index (κ2) is 5.48. The summed E-state index contributed by atoms with van der Waals surface area (Å²) in [5.41, 5.74) is 8.32. The third-order valence-electron chi connectivity index (χ3n) is 2.53. The van der Waals surface area contributed by atoms with Crippen LogP contribution in [0.5, 0.6) is 0 Å². The zero-order valence-electron chi connectivity index (χ0n) is 10.8. The molecule has 2 rings (SSSR count). The molecule has 0 saturated heterocycles. The average Bonchev–Trinajstić information content (AvgIpc) is 2.33. The van der Waals surface area contributed by atoms with E-state index in [-0.39, 0.29) is 0 Å². The van der Waals surface area contributed by atoms with Gasteiger partial charge in [-0.1, -0.05) is 26.8 Å². The van der Waals surface area contributed by atoms with E-state index >= 15 is 0 Å². The van der Waals surface area contributed by atoms with Crippen molar-refractivity contribution in [3.05, 3.63) is 33.7 Å². The standard InChI is InChI=1S/C11H13N3O.C2H6/c1-3-7-4-6(2)9-8(5-7)10(12)14-11(15)13-9;1-2/h4-5H,3H2,1-2H3,(H3,12,13,14,15);1-2H3. The molecule has 4 heteroatoms. The van der Waals surface area contributed by atoms with E-state index in [2.05, 4.69) is 23.0 Å². The number of H-pyrrole nitrogens is 1. The molecule has 0 spiro atoms. The molecule has 0 aliphatic heterocycles. The average molecular weight is 233 g/mol. The zero-order valence-corrected chi connectivity index (χ0v) is 10.8. The fourth-order valence-corrected chi connectivity index (χ4v) is 1.74. The van der Waals surface area contributed by atoms with Gasteiger partial charge in [-0.3, -0.25) is 0 Å². The highest BCUT2D eigenvalue weighted by atomic mass is 16.1. The molecule has 1 aromatic carbocycles. The fourth-order valence-electron chi connectivity index (χ4n) is 1.74. The van der Waals surface area contributed by atoms with Gasteiger partial charge in [-0.25, -0.2) is 4.79 Å². The van der Waals surface area contributed by atoms with Crippen LogP contribution >= 0.6 is 0 Å². The second-order valence-electron chi connectivity index (χ2n) is 3.62. The summed E-state index contributed by atoms with van der Waals surface area (Å²) >= 11 is 0. The summed E-state index contributed by atoms with van der Waals surface area (Å²) in [5, 5.41) is 0.825. The van der Waals surface area contributed by atoms with Crippen LogP contribution in [0.4, 0.5) is 5.82 Å². The maximum absolute atomic E-state index is 11.2. The number of rotatable bonds is 1. The first kappa shape index (κ1) is 13.2. The van der Waals surface area contributed by atoms with Crippen LogP contribution in [-0.2, 0) is 6.42 Å². The molecule has 3 N–H and O–H groups in total. The predicted octanol–water partition coefficient (Wildman–Crippen LogP) is 2.40. The summed E-state index contributed by atoms with van der Waals surface area (Å²) in [6, 6.07) is 4.03. The molecule has 0 aliphatic rings. The topological polar surface area (TPSA) is 71.8 Å². The maximum Gasteiger partial charge on any atom is 0.347 e. The highest BCUT2D eigenvalue weighted by molar-refractivity contribution is 5.90. The van der Waals surface area contributed by atoms with Crippen molar-refractivity contribution in [1.82, 2.24) is 9.97 Å². The van der Waals surface area contributed by atoms with Crippen LogP contribution in [0.1, 0.15) is 31.9 Å². The Morgan fingerprint density at radius 1 is 1.35 bits per heavy atom. The Hall–Kier alpha value is -1.84. The summed E-state index contributed by atoms with van der Waals surface area (Å²) in [4.78, 5) is 17.6. The minimum atomic E-state index is -0.396. The lowest BCUT2D eigenvalue weighted by Crippen LogP contribution is -2.13. The molecule has 4 nitrogen and oxygen atoms in total. The van der Waals surface area contributed by atoms with Gasteiger partial charge in [-0.15, -0.1) is 0 Å². The van der Waals surface area contributed by atoms with E-state index in [1.54, 1.807) is 0 Å². The molecule has 0 fully saturated rings. The predicted molar refractivity (Wildman–Crippen MR) is 72.2 cm³/mol. The maximum atomic E-state index is 11.2. The largest absolute Gasteiger partial charge is 0.383 e. The highest BCUT2D eigenvalue weighted by Crippen LogP contribution is 2.21. The smallest absolute Gasteiger partial charge is 0.347 e. The van der Waals surface area contributed by atoms with Crippen LogP contribution in [0.2, 0.25) is 0 Å². The minimum Gasteiger partial charge on any atom is -0.383 e. The number of benzene rings is 1. The lowest BCUT2D eigenvalue weighted by molar-refractivity contribution is 1.10. The van der Waals surface area contributed by atoms with E-state index in [1.807, 2.05) is 26.8 Å². The number of hydrogen-bond donors (Lipinski definition) is 2. The molecule has 2 aromatic rings. The Balaban J connectivity index is 0.000000686. The number of nitrogens with one attached hydrogen (secondary N) is 1. The number of aryl methyl sites for hydroxylation is 2. The third-order valence-corrected chi connectivity index (χ3v) is 2.53. The van der Waals surface area contributed by atoms with Crippen molar-refractivity contribution in [3.8, 4) is 0 Å². The van der Waals surface area contributed by atoms with Crippen LogP contribution < -0.4 is 11.4 Å². The Morgan fingerprint density at radius 2 is 2.00 bits per heavy atom. The first-order valence-electron chi connectivity index (χ1n) is 5.91. The van der Waals surface area contributed by atoms with Gasteiger partial charge in [0.25, 0.3) is 0 Å². The summed E-state index contributed by atoms with van der Waals surface area (Å²) in [5.74, 6) is 0.298. The third kappa shape index (κ3) is 2.64. The van der Waals surface area contributed by atoms with Crippen molar-refractivity contribution >= 4 is 16.7 Å². The number of nitrogen functional groups attached to an aromatic ring is 1. The molecule has 0 bridgehead atoms. The molecule has 0 atom stereocenters. The van der Waals surface area contributed by atoms with E-state index in [4.69, 9.17) is 5.73 Å². The van der Waals surface area contributed by atoms with Gasteiger partial charge in [-0.2, -0.15) is 4.98 Å². The molecule has 0 saturated carbocycles. The van der Waals surface area contributed by atoms with Gasteiger partial charge in [0.2, 0.25) is 0 Å². The molecule has 1 aromatic heterocycles. The van der Waals surface area contributed by atoms with Crippen LogP contribution in [0.25, 0.3) is 10.9 Å². The Kier molecular flexibility index (Phi) is 4.26. The molecule has 1 heterocycles. The van der Waals surface area contributed by atoms with Crippen molar-refractivity contribution in [2.75, 3.05) is 5.73 Å². The molecule has 0 aliphatic carbocycles. The van der Waals surface area contributed by atoms with Crippen LogP contribution in [-0.4, -0.2) is 9.97 Å². The molecular weight excluding hydrogens is 214 g/mol. The monoisotopic (exact) mass is 233 g/mol. The number of nitrogens with two attached hydrogens (primary N) is 1. The van der Waals surface area contributed by atoms with Gasteiger partial charge in [0.15, 0.2) is 0 Å². The van der Waals surface area contributed by atoms with E-state index < -0.39 is 5.69 Å². The van der Waals surface area contributed by atoms with Gasteiger partial charge in [0.1, 0.15) is 5.82 Å². The normalized spacial score (nSPS) is 9.88. The molecular formula is C13H19N3O. The molecule has 0 radical (unpaired) electrons. The number of aromatic amines is 1.